The Labute approximate surface area is 94.2 Å². The monoisotopic (exact) mass is 227 g/mol. The molecule has 15 heavy (non-hydrogen) atoms. The summed E-state index contributed by atoms with van der Waals surface area (Å²) in [4.78, 5) is 10.5. The molecular weight excluding hydrogens is 214 g/mol. The van der Waals surface area contributed by atoms with E-state index in [0.717, 1.165) is 44.2 Å². The predicted octanol–water partition coefficient (Wildman–Crippen LogP) is 1.67. The van der Waals surface area contributed by atoms with Crippen LogP contribution in [0.5, 0.6) is 0 Å². The smallest absolute Gasteiger partial charge is 0.224 e. The Morgan fingerprint density at radius 1 is 1.33 bits per heavy atom. The zero-order chi connectivity index (χ0) is 10.7. The molecule has 0 spiro atoms. The molecule has 0 radical (unpaired) electrons. The summed E-state index contributed by atoms with van der Waals surface area (Å²) in [5, 5.41) is 0.315. The summed E-state index contributed by atoms with van der Waals surface area (Å²) in [5.41, 5.74) is 0.898. The van der Waals surface area contributed by atoms with Gasteiger partial charge in [-0.3, -0.25) is 0 Å². The highest BCUT2D eigenvalue weighted by Gasteiger charge is 2.12. The van der Waals surface area contributed by atoms with Crippen molar-refractivity contribution in [2.24, 2.45) is 0 Å². The Hall–Kier alpha value is -0.870. The number of ether oxygens (including phenoxy) is 1. The first kappa shape index (κ1) is 10.6. The van der Waals surface area contributed by atoms with E-state index >= 15 is 0 Å². The lowest BCUT2D eigenvalue weighted by molar-refractivity contribution is 0.152. The van der Waals surface area contributed by atoms with Crippen LogP contribution in [0.1, 0.15) is 12.1 Å². The maximum absolute atomic E-state index is 5.83. The van der Waals surface area contributed by atoms with Crippen LogP contribution in [-0.4, -0.2) is 36.3 Å². The molecule has 1 aromatic rings. The number of hydrogen-bond acceptors (Lipinski definition) is 4. The van der Waals surface area contributed by atoms with Crippen LogP contribution < -0.4 is 4.90 Å². The zero-order valence-corrected chi connectivity index (χ0v) is 9.50. The van der Waals surface area contributed by atoms with Crippen LogP contribution in [0.15, 0.2) is 6.07 Å². The third-order valence-corrected chi connectivity index (χ3v) is 2.53. The van der Waals surface area contributed by atoms with Crippen LogP contribution in [0.25, 0.3) is 0 Å². The second kappa shape index (κ2) is 4.77. The van der Waals surface area contributed by atoms with Gasteiger partial charge in [-0.25, -0.2) is 9.97 Å². The number of rotatable bonds is 1. The second-order valence-corrected chi connectivity index (χ2v) is 3.93. The maximum Gasteiger partial charge on any atom is 0.224 e. The van der Waals surface area contributed by atoms with Gasteiger partial charge in [0, 0.05) is 31.5 Å². The molecule has 2 heterocycles. The van der Waals surface area contributed by atoms with E-state index in [1.165, 1.54) is 0 Å². The molecule has 0 unspecified atom stereocenters. The predicted molar refractivity (Wildman–Crippen MR) is 59.4 cm³/mol. The molecule has 0 N–H and O–H groups in total. The van der Waals surface area contributed by atoms with Gasteiger partial charge >= 0.3 is 0 Å². The molecule has 0 bridgehead atoms. The highest BCUT2D eigenvalue weighted by atomic mass is 35.5. The van der Waals surface area contributed by atoms with Crippen molar-refractivity contribution in [3.63, 3.8) is 0 Å². The molecule has 0 atom stereocenters. The number of hydrogen-bond donors (Lipinski definition) is 0. The molecule has 0 amide bonds. The molecule has 0 aliphatic carbocycles. The first-order valence-electron chi connectivity index (χ1n) is 5.09. The lowest BCUT2D eigenvalue weighted by Gasteiger charge is -2.20. The number of halogens is 1. The van der Waals surface area contributed by atoms with Gasteiger partial charge in [0.2, 0.25) is 5.28 Å². The van der Waals surface area contributed by atoms with Gasteiger partial charge in [-0.05, 0) is 24.9 Å². The van der Waals surface area contributed by atoms with Gasteiger partial charge in [0.05, 0.1) is 6.61 Å². The van der Waals surface area contributed by atoms with Gasteiger partial charge in [-0.15, -0.1) is 0 Å². The summed E-state index contributed by atoms with van der Waals surface area (Å²) in [6.07, 6.45) is 1.03. The van der Waals surface area contributed by atoms with E-state index in [2.05, 4.69) is 14.9 Å². The van der Waals surface area contributed by atoms with E-state index in [-0.39, 0.29) is 0 Å². The van der Waals surface area contributed by atoms with E-state index < -0.39 is 0 Å². The van der Waals surface area contributed by atoms with Gasteiger partial charge in [0.1, 0.15) is 5.82 Å². The number of anilines is 1. The minimum Gasteiger partial charge on any atom is -0.380 e. The van der Waals surface area contributed by atoms with Gasteiger partial charge < -0.3 is 9.64 Å². The fourth-order valence-corrected chi connectivity index (χ4v) is 1.87. The SMILES string of the molecule is Cc1cc(N2CCCOCC2)nc(Cl)n1. The summed E-state index contributed by atoms with van der Waals surface area (Å²) >= 11 is 5.83. The third-order valence-electron chi connectivity index (χ3n) is 2.36. The zero-order valence-electron chi connectivity index (χ0n) is 8.74. The standard InChI is InChI=1S/C10H14ClN3O/c1-8-7-9(13-10(11)12-8)14-3-2-5-15-6-4-14/h7H,2-6H2,1H3. The highest BCUT2D eigenvalue weighted by Crippen LogP contribution is 2.16. The first-order chi connectivity index (χ1) is 7.25. The van der Waals surface area contributed by atoms with E-state index in [9.17, 15) is 0 Å². The summed E-state index contributed by atoms with van der Waals surface area (Å²) in [6.45, 7) is 5.33. The normalized spacial score (nSPS) is 17.6. The van der Waals surface area contributed by atoms with Crippen LogP contribution in [-0.2, 0) is 4.74 Å². The van der Waals surface area contributed by atoms with Crippen LogP contribution in [0.4, 0.5) is 5.82 Å². The molecule has 2 rings (SSSR count). The Bertz CT molecular complexity index is 317. The fraction of sp³-hybridized carbons (Fsp3) is 0.600. The average molecular weight is 228 g/mol. The highest BCUT2D eigenvalue weighted by molar-refractivity contribution is 6.28. The van der Waals surface area contributed by atoms with Crippen molar-refractivity contribution in [1.29, 1.82) is 0 Å². The first-order valence-corrected chi connectivity index (χ1v) is 5.47. The minimum atomic E-state index is 0.315. The quantitative estimate of drug-likeness (QED) is 0.684. The second-order valence-electron chi connectivity index (χ2n) is 3.59. The number of nitrogens with zero attached hydrogens (tertiary/aromatic N) is 3. The van der Waals surface area contributed by atoms with Crippen molar-refractivity contribution < 1.29 is 4.74 Å². The topological polar surface area (TPSA) is 38.2 Å². The summed E-state index contributed by atoms with van der Waals surface area (Å²) in [5.74, 6) is 0.901. The molecule has 5 heteroatoms. The van der Waals surface area contributed by atoms with Gasteiger partial charge in [0.15, 0.2) is 0 Å². The molecule has 4 nitrogen and oxygen atoms in total. The number of aryl methyl sites for hydroxylation is 1. The Balaban J connectivity index is 2.19. The van der Waals surface area contributed by atoms with Crippen molar-refractivity contribution in [1.82, 2.24) is 9.97 Å². The molecule has 1 fully saturated rings. The minimum absolute atomic E-state index is 0.315. The maximum atomic E-state index is 5.83. The van der Waals surface area contributed by atoms with Crippen LogP contribution >= 0.6 is 11.6 Å². The molecule has 82 valence electrons. The van der Waals surface area contributed by atoms with Crippen LogP contribution in [0.3, 0.4) is 0 Å². The van der Waals surface area contributed by atoms with E-state index in [4.69, 9.17) is 16.3 Å². The molecule has 1 saturated heterocycles. The Kier molecular flexibility index (Phi) is 3.38. The largest absolute Gasteiger partial charge is 0.380 e. The summed E-state index contributed by atoms with van der Waals surface area (Å²) in [7, 11) is 0. The fourth-order valence-electron chi connectivity index (χ4n) is 1.65. The van der Waals surface area contributed by atoms with E-state index in [1.807, 2.05) is 13.0 Å². The Morgan fingerprint density at radius 3 is 3.00 bits per heavy atom. The molecule has 0 aromatic carbocycles. The van der Waals surface area contributed by atoms with E-state index in [0.29, 0.717) is 5.28 Å². The Morgan fingerprint density at radius 2 is 2.20 bits per heavy atom. The van der Waals surface area contributed by atoms with Crippen molar-refractivity contribution in [2.75, 3.05) is 31.2 Å². The summed E-state index contributed by atoms with van der Waals surface area (Å²) in [6, 6.07) is 1.96. The van der Waals surface area contributed by atoms with Crippen LogP contribution in [0.2, 0.25) is 5.28 Å². The van der Waals surface area contributed by atoms with Crippen molar-refractivity contribution in [3.8, 4) is 0 Å². The number of aromatic nitrogens is 2. The van der Waals surface area contributed by atoms with E-state index in [1.54, 1.807) is 0 Å². The van der Waals surface area contributed by atoms with Gasteiger partial charge in [-0.2, -0.15) is 0 Å². The van der Waals surface area contributed by atoms with Gasteiger partial charge in [0.25, 0.3) is 0 Å². The third kappa shape index (κ3) is 2.79. The molecule has 0 saturated carbocycles. The molecule has 1 aromatic heterocycles. The molecular formula is C10H14ClN3O. The lowest BCUT2D eigenvalue weighted by Crippen LogP contribution is -2.27. The van der Waals surface area contributed by atoms with Crippen molar-refractivity contribution in [2.45, 2.75) is 13.3 Å². The molecule has 1 aliphatic rings. The lowest BCUT2D eigenvalue weighted by atomic mass is 10.3. The van der Waals surface area contributed by atoms with Crippen molar-refractivity contribution in [3.05, 3.63) is 17.0 Å². The molecule has 1 aliphatic heterocycles. The van der Waals surface area contributed by atoms with Crippen LogP contribution in [0, 0.1) is 6.92 Å². The van der Waals surface area contributed by atoms with Gasteiger partial charge in [-0.1, -0.05) is 0 Å². The van der Waals surface area contributed by atoms with Crippen molar-refractivity contribution >= 4 is 17.4 Å². The summed E-state index contributed by atoms with van der Waals surface area (Å²) < 4.78 is 5.39. The average Bonchev–Trinajstić information content (AvgIpc) is 2.43.